The minimum atomic E-state index is -2.88. The fourth-order valence-corrected chi connectivity index (χ4v) is 5.06. The van der Waals surface area contributed by atoms with E-state index in [1.54, 1.807) is 13.2 Å². The minimum Gasteiger partial charge on any atom is -0.373 e. The highest BCUT2D eigenvalue weighted by Gasteiger charge is 2.49. The molecule has 0 bridgehead atoms. The molecule has 2 N–H and O–H groups in total. The van der Waals surface area contributed by atoms with Crippen LogP contribution in [0.25, 0.3) is 27.9 Å². The van der Waals surface area contributed by atoms with Crippen LogP contribution in [-0.2, 0) is 0 Å². The topological polar surface area (TPSA) is 92.4 Å². The highest BCUT2D eigenvalue weighted by molar-refractivity contribution is 6.01. The third-order valence-electron chi connectivity index (χ3n) is 7.18. The van der Waals surface area contributed by atoms with Gasteiger partial charge >= 0.3 is 0 Å². The van der Waals surface area contributed by atoms with Crippen LogP contribution in [0.3, 0.4) is 0 Å². The van der Waals surface area contributed by atoms with Gasteiger partial charge in [-0.2, -0.15) is 9.61 Å². The summed E-state index contributed by atoms with van der Waals surface area (Å²) in [6, 6.07) is 4.92. The lowest BCUT2D eigenvalue weighted by molar-refractivity contribution is -0.102. The lowest BCUT2D eigenvalue weighted by Gasteiger charge is -2.36. The Morgan fingerprint density at radius 2 is 2.11 bits per heavy atom. The van der Waals surface area contributed by atoms with Crippen LogP contribution < -0.4 is 10.6 Å². The number of hydrogen-bond donors (Lipinski definition) is 2. The number of rotatable bonds is 5. The standard InChI is InChI=1S/C24H26F2N8O/c1-27-20-10-18(17-13-33(14-6-9-32(2)12-14)21-15(17)4-3-8-28-21)30-22-16(11-29-34(20)22)23(35)31-19-5-7-24(19,25)26/h3-4,8,10-11,13-14,19,27H,5-7,9,12H2,1-2H3,(H,31,35)/t14-,19-/m1/s1. The van der Waals surface area contributed by atoms with E-state index in [0.717, 1.165) is 36.1 Å². The van der Waals surface area contributed by atoms with Crippen LogP contribution in [-0.4, -0.2) is 74.1 Å². The number of nitrogens with zero attached hydrogens (tertiary/aromatic N) is 6. The van der Waals surface area contributed by atoms with Crippen LogP contribution in [0.1, 0.15) is 35.7 Å². The molecule has 4 aromatic heterocycles. The van der Waals surface area contributed by atoms with Crippen molar-refractivity contribution < 1.29 is 13.6 Å². The van der Waals surface area contributed by atoms with Crippen LogP contribution in [0.4, 0.5) is 14.6 Å². The first-order valence-corrected chi connectivity index (χ1v) is 11.8. The number of alkyl halides is 2. The molecule has 0 aromatic carbocycles. The quantitative estimate of drug-likeness (QED) is 0.456. The van der Waals surface area contributed by atoms with Gasteiger partial charge in [-0.05, 0) is 38.6 Å². The highest BCUT2D eigenvalue weighted by Crippen LogP contribution is 2.38. The molecule has 0 spiro atoms. The van der Waals surface area contributed by atoms with E-state index in [2.05, 4.69) is 43.4 Å². The number of anilines is 1. The first kappa shape index (κ1) is 21.9. The molecule has 0 radical (unpaired) electrons. The molecule has 2 fully saturated rings. The third-order valence-corrected chi connectivity index (χ3v) is 7.18. The monoisotopic (exact) mass is 480 g/mol. The Morgan fingerprint density at radius 1 is 1.26 bits per heavy atom. The molecule has 0 unspecified atom stereocenters. The molecule has 1 amide bonds. The second kappa shape index (κ2) is 7.98. The normalized spacial score (nSPS) is 21.9. The van der Waals surface area contributed by atoms with E-state index in [0.29, 0.717) is 23.2 Å². The second-order valence-electron chi connectivity index (χ2n) is 9.43. The third kappa shape index (κ3) is 3.53. The smallest absolute Gasteiger partial charge is 0.267 e. The molecule has 182 valence electrons. The molecule has 11 heteroatoms. The Hall–Kier alpha value is -3.60. The van der Waals surface area contributed by atoms with Gasteiger partial charge in [-0.1, -0.05) is 0 Å². The zero-order valence-electron chi connectivity index (χ0n) is 19.5. The summed E-state index contributed by atoms with van der Waals surface area (Å²) in [7, 11) is 3.87. The van der Waals surface area contributed by atoms with Gasteiger partial charge in [0.25, 0.3) is 11.8 Å². The minimum absolute atomic E-state index is 0.158. The van der Waals surface area contributed by atoms with Crippen LogP contribution in [0, 0.1) is 0 Å². The number of aromatic nitrogens is 5. The number of amides is 1. The number of carbonyl (C=O) groups excluding carboxylic acids is 1. The summed E-state index contributed by atoms with van der Waals surface area (Å²) in [6.45, 7) is 1.96. The summed E-state index contributed by atoms with van der Waals surface area (Å²) < 4.78 is 31.2. The van der Waals surface area contributed by atoms with E-state index < -0.39 is 17.9 Å². The van der Waals surface area contributed by atoms with Gasteiger partial charge in [-0.25, -0.2) is 18.7 Å². The predicted octanol–water partition coefficient (Wildman–Crippen LogP) is 3.19. The number of halogens is 2. The maximum absolute atomic E-state index is 13.8. The fourth-order valence-electron chi connectivity index (χ4n) is 5.06. The van der Waals surface area contributed by atoms with E-state index >= 15 is 0 Å². The molecular weight excluding hydrogens is 454 g/mol. The molecule has 2 atom stereocenters. The Morgan fingerprint density at radius 3 is 2.80 bits per heavy atom. The van der Waals surface area contributed by atoms with Crippen molar-refractivity contribution in [3.63, 3.8) is 0 Å². The van der Waals surface area contributed by atoms with Crippen molar-refractivity contribution in [3.8, 4) is 11.3 Å². The van der Waals surface area contributed by atoms with E-state index in [1.165, 1.54) is 10.7 Å². The Labute approximate surface area is 200 Å². The molecular formula is C24H26F2N8O. The van der Waals surface area contributed by atoms with Crippen molar-refractivity contribution in [3.05, 3.63) is 42.4 Å². The first-order valence-electron chi connectivity index (χ1n) is 11.8. The maximum Gasteiger partial charge on any atom is 0.267 e. The fraction of sp³-hybridized carbons (Fsp3) is 0.417. The summed E-state index contributed by atoms with van der Waals surface area (Å²) in [5.41, 5.74) is 2.88. The second-order valence-corrected chi connectivity index (χ2v) is 9.43. The molecule has 4 aromatic rings. The lowest BCUT2D eigenvalue weighted by Crippen LogP contribution is -2.55. The summed E-state index contributed by atoms with van der Waals surface area (Å²) in [5.74, 6) is -2.85. The largest absolute Gasteiger partial charge is 0.373 e. The molecule has 1 saturated carbocycles. The lowest BCUT2D eigenvalue weighted by atomic mass is 9.88. The van der Waals surface area contributed by atoms with Crippen LogP contribution >= 0.6 is 0 Å². The van der Waals surface area contributed by atoms with Crippen molar-refractivity contribution in [2.75, 3.05) is 32.5 Å². The van der Waals surface area contributed by atoms with Crippen molar-refractivity contribution in [1.82, 2.24) is 34.4 Å². The van der Waals surface area contributed by atoms with E-state index in [9.17, 15) is 13.6 Å². The molecule has 1 aliphatic heterocycles. The van der Waals surface area contributed by atoms with Crippen LogP contribution in [0.2, 0.25) is 0 Å². The number of hydrogen-bond acceptors (Lipinski definition) is 6. The van der Waals surface area contributed by atoms with Gasteiger partial charge in [0.1, 0.15) is 17.0 Å². The number of nitrogens with one attached hydrogen (secondary N) is 2. The van der Waals surface area contributed by atoms with Crippen LogP contribution in [0.15, 0.2) is 36.8 Å². The van der Waals surface area contributed by atoms with Crippen molar-refractivity contribution >= 4 is 28.4 Å². The number of pyridine rings is 1. The van der Waals surface area contributed by atoms with E-state index in [4.69, 9.17) is 4.98 Å². The highest BCUT2D eigenvalue weighted by atomic mass is 19.3. The van der Waals surface area contributed by atoms with Gasteiger partial charge in [0.15, 0.2) is 5.65 Å². The van der Waals surface area contributed by atoms with Crippen molar-refractivity contribution in [1.29, 1.82) is 0 Å². The van der Waals surface area contributed by atoms with Gasteiger partial charge in [0, 0.05) is 55.5 Å². The maximum atomic E-state index is 13.8. The molecule has 1 saturated heterocycles. The molecule has 2 aliphatic rings. The Kier molecular flexibility index (Phi) is 4.99. The summed E-state index contributed by atoms with van der Waals surface area (Å²) in [4.78, 5) is 24.6. The number of carbonyl (C=O) groups is 1. The number of likely N-dealkylation sites (tertiary alicyclic amines) is 1. The van der Waals surface area contributed by atoms with Gasteiger partial charge < -0.3 is 20.1 Å². The zero-order valence-corrected chi connectivity index (χ0v) is 19.5. The summed E-state index contributed by atoms with van der Waals surface area (Å²) in [6.07, 6.45) is 6.30. The Balaban J connectivity index is 1.45. The van der Waals surface area contributed by atoms with Crippen LogP contribution in [0.5, 0.6) is 0 Å². The molecule has 1 aliphatic carbocycles. The average Bonchev–Trinajstić information content (AvgIpc) is 3.57. The first-order chi connectivity index (χ1) is 16.9. The van der Waals surface area contributed by atoms with Gasteiger partial charge in [-0.3, -0.25) is 4.79 Å². The molecule has 9 nitrogen and oxygen atoms in total. The summed E-state index contributed by atoms with van der Waals surface area (Å²) in [5, 5.41) is 10.8. The van der Waals surface area contributed by atoms with E-state index in [1.807, 2.05) is 18.2 Å². The Bertz CT molecular complexity index is 1440. The van der Waals surface area contributed by atoms with Crippen molar-refractivity contribution in [2.45, 2.75) is 37.3 Å². The molecule has 6 rings (SSSR count). The molecule has 35 heavy (non-hydrogen) atoms. The predicted molar refractivity (Wildman–Crippen MR) is 128 cm³/mol. The zero-order chi connectivity index (χ0) is 24.3. The number of likely N-dealkylation sites (N-methyl/N-ethyl adjacent to an activating group) is 1. The average molecular weight is 481 g/mol. The molecule has 5 heterocycles. The SMILES string of the molecule is CNc1cc(-c2cn([C@@H]3CCN(C)C3)c3ncccc23)nc2c(C(=O)N[C@@H]3CCC3(F)F)cnn12. The van der Waals surface area contributed by atoms with Gasteiger partial charge in [-0.15, -0.1) is 0 Å². The summed E-state index contributed by atoms with van der Waals surface area (Å²) >= 11 is 0. The van der Waals surface area contributed by atoms with Gasteiger partial charge in [0.2, 0.25) is 0 Å². The van der Waals surface area contributed by atoms with E-state index in [-0.39, 0.29) is 18.4 Å². The van der Waals surface area contributed by atoms with Crippen molar-refractivity contribution in [2.24, 2.45) is 0 Å². The number of fused-ring (bicyclic) bond motifs is 2. The van der Waals surface area contributed by atoms with Gasteiger partial charge in [0.05, 0.1) is 17.9 Å².